The summed E-state index contributed by atoms with van der Waals surface area (Å²) in [5.74, 6) is -5.17. The predicted octanol–water partition coefficient (Wildman–Crippen LogP) is 3.20. The van der Waals surface area contributed by atoms with Crippen LogP contribution in [-0.4, -0.2) is 38.8 Å². The van der Waals surface area contributed by atoms with Crippen LogP contribution in [0, 0.1) is 17.8 Å². The van der Waals surface area contributed by atoms with Crippen LogP contribution in [-0.2, 0) is 19.2 Å². The van der Waals surface area contributed by atoms with Gasteiger partial charge in [-0.3, -0.25) is 24.4 Å². The number of ketones is 2. The lowest BCUT2D eigenvalue weighted by Gasteiger charge is -2.42. The zero-order valence-electron chi connectivity index (χ0n) is 15.8. The van der Waals surface area contributed by atoms with E-state index in [-0.39, 0.29) is 50.8 Å². The number of carbonyl (C=O) groups is 4. The average Bonchev–Trinajstić information content (AvgIpc) is 2.96. The number of hydrogen-bond donors (Lipinski definition) is 2. The lowest BCUT2D eigenvalue weighted by molar-refractivity contribution is -0.173. The quantitative estimate of drug-likeness (QED) is 0.263. The second-order valence-corrected chi connectivity index (χ2v) is 9.38. The van der Waals surface area contributed by atoms with Gasteiger partial charge in [-0.1, -0.05) is 23.3 Å². The van der Waals surface area contributed by atoms with Crippen molar-refractivity contribution in [2.24, 2.45) is 17.8 Å². The first-order chi connectivity index (χ1) is 14.7. The van der Waals surface area contributed by atoms with Gasteiger partial charge >= 0.3 is 0 Å². The molecule has 0 spiro atoms. The van der Waals surface area contributed by atoms with Crippen LogP contribution in [0.3, 0.4) is 0 Å². The molecule has 0 bridgehead atoms. The number of hydrogen-bond acceptors (Lipinski definition) is 6. The Kier molecular flexibility index (Phi) is 4.58. The smallest absolute Gasteiger partial charge is 0.257 e. The van der Waals surface area contributed by atoms with Crippen LogP contribution in [0.4, 0.5) is 0 Å². The lowest BCUT2D eigenvalue weighted by Crippen LogP contribution is -2.39. The summed E-state index contributed by atoms with van der Waals surface area (Å²) >= 11 is 9.30. The fraction of sp³-hybridized carbons (Fsp3) is 0.273. The SMILES string of the molecule is O=C1C=C(Br)C(=O)C2=C1C(c1cc(Cl)ccc1O)C1=CCC3C(=O)N(O)C(=O)C3C1C2. The molecular formula is C22H15BrClNO6. The zero-order valence-corrected chi connectivity index (χ0v) is 18.2. The molecule has 1 aromatic rings. The Labute approximate surface area is 189 Å². The number of fused-ring (bicyclic) bond motifs is 3. The third-order valence-corrected chi connectivity index (χ3v) is 7.43. The Morgan fingerprint density at radius 3 is 2.58 bits per heavy atom. The molecule has 2 amide bonds. The molecule has 2 N–H and O–H groups in total. The molecule has 158 valence electrons. The highest BCUT2D eigenvalue weighted by Crippen LogP contribution is 2.56. The first-order valence-corrected chi connectivity index (χ1v) is 10.8. The average molecular weight is 505 g/mol. The van der Waals surface area contributed by atoms with Crippen molar-refractivity contribution in [2.45, 2.75) is 18.8 Å². The summed E-state index contributed by atoms with van der Waals surface area (Å²) in [4.78, 5) is 51.0. The van der Waals surface area contributed by atoms with Crippen LogP contribution in [0.25, 0.3) is 0 Å². The van der Waals surface area contributed by atoms with Crippen LogP contribution in [0.15, 0.2) is 51.6 Å². The number of nitrogens with zero attached hydrogens (tertiary/aromatic N) is 1. The third kappa shape index (κ3) is 2.82. The van der Waals surface area contributed by atoms with Gasteiger partial charge in [0.25, 0.3) is 11.8 Å². The molecule has 31 heavy (non-hydrogen) atoms. The van der Waals surface area contributed by atoms with Gasteiger partial charge in [0, 0.05) is 33.7 Å². The van der Waals surface area contributed by atoms with Crippen LogP contribution >= 0.6 is 27.5 Å². The number of Topliss-reactive ketones (excluding diaryl/α,β-unsaturated/α-hetero) is 1. The largest absolute Gasteiger partial charge is 0.508 e. The van der Waals surface area contributed by atoms with Crippen molar-refractivity contribution in [1.29, 1.82) is 0 Å². The van der Waals surface area contributed by atoms with E-state index in [0.717, 1.165) is 0 Å². The number of imide groups is 1. The number of phenolic OH excluding ortho intramolecular Hbond substituents is 1. The first-order valence-electron chi connectivity index (χ1n) is 9.65. The second-order valence-electron chi connectivity index (χ2n) is 8.09. The minimum Gasteiger partial charge on any atom is -0.508 e. The molecule has 5 rings (SSSR count). The summed E-state index contributed by atoms with van der Waals surface area (Å²) in [5.41, 5.74) is 1.49. The van der Waals surface area contributed by atoms with Crippen molar-refractivity contribution in [3.63, 3.8) is 0 Å². The number of hydroxylamine groups is 2. The van der Waals surface area contributed by atoms with Crippen molar-refractivity contribution in [3.05, 3.63) is 62.1 Å². The van der Waals surface area contributed by atoms with Crippen molar-refractivity contribution >= 4 is 50.9 Å². The zero-order chi connectivity index (χ0) is 22.2. The summed E-state index contributed by atoms with van der Waals surface area (Å²) in [7, 11) is 0. The molecule has 0 radical (unpaired) electrons. The van der Waals surface area contributed by atoms with E-state index < -0.39 is 35.5 Å². The Hall–Kier alpha value is -2.55. The molecule has 0 aromatic heterocycles. The van der Waals surface area contributed by atoms with Gasteiger partial charge in [-0.25, -0.2) is 0 Å². The molecule has 7 nitrogen and oxygen atoms in total. The van der Waals surface area contributed by atoms with Gasteiger partial charge in [-0.15, -0.1) is 0 Å². The first kappa shape index (κ1) is 20.4. The molecule has 0 saturated carbocycles. The molecule has 3 aliphatic carbocycles. The monoisotopic (exact) mass is 503 g/mol. The molecule has 1 aliphatic heterocycles. The van der Waals surface area contributed by atoms with Crippen LogP contribution in [0.2, 0.25) is 5.02 Å². The normalized spacial score (nSPS) is 30.1. The maximum Gasteiger partial charge on any atom is 0.257 e. The summed E-state index contributed by atoms with van der Waals surface area (Å²) in [6, 6.07) is 4.45. The number of carbonyl (C=O) groups excluding carboxylic acids is 4. The maximum atomic E-state index is 13.0. The molecule has 1 heterocycles. The van der Waals surface area contributed by atoms with E-state index in [1.54, 1.807) is 6.08 Å². The van der Waals surface area contributed by atoms with Crippen molar-refractivity contribution in [1.82, 2.24) is 5.06 Å². The van der Waals surface area contributed by atoms with E-state index in [4.69, 9.17) is 11.6 Å². The van der Waals surface area contributed by atoms with Crippen LogP contribution in [0.5, 0.6) is 5.75 Å². The molecule has 4 aliphatic rings. The fourth-order valence-electron chi connectivity index (χ4n) is 5.30. The maximum absolute atomic E-state index is 13.0. The second kappa shape index (κ2) is 6.98. The molecular weight excluding hydrogens is 490 g/mol. The van der Waals surface area contributed by atoms with Gasteiger partial charge in [0.05, 0.1) is 16.3 Å². The highest BCUT2D eigenvalue weighted by molar-refractivity contribution is 9.12. The number of rotatable bonds is 1. The summed E-state index contributed by atoms with van der Waals surface area (Å²) in [5, 5.41) is 21.0. The molecule has 9 heteroatoms. The minimum atomic E-state index is -0.844. The predicted molar refractivity (Wildman–Crippen MR) is 111 cm³/mol. The van der Waals surface area contributed by atoms with E-state index in [9.17, 15) is 29.5 Å². The standard InChI is InChI=1S/C22H15BrClNO6/c23-14-7-16(27)19-13(20(14)28)6-11-9(17(19)12-5-8(24)1-4-15(12)26)2-3-10-18(11)22(30)25(31)21(10)29/h1-2,4-5,7,10-11,17-18,26,31H,3,6H2. The summed E-state index contributed by atoms with van der Waals surface area (Å²) in [6.07, 6.45) is 3.29. The highest BCUT2D eigenvalue weighted by atomic mass is 79.9. The summed E-state index contributed by atoms with van der Waals surface area (Å²) < 4.78 is 0.114. The van der Waals surface area contributed by atoms with E-state index in [2.05, 4.69) is 15.9 Å². The van der Waals surface area contributed by atoms with Gasteiger partial charge in [0.15, 0.2) is 11.6 Å². The molecule has 4 unspecified atom stereocenters. The minimum absolute atomic E-state index is 0.0839. The summed E-state index contributed by atoms with van der Waals surface area (Å²) in [6.45, 7) is 0. The van der Waals surface area contributed by atoms with Gasteiger partial charge in [0.2, 0.25) is 0 Å². The molecule has 4 atom stereocenters. The molecule has 1 fully saturated rings. The van der Waals surface area contributed by atoms with E-state index >= 15 is 0 Å². The Morgan fingerprint density at radius 1 is 1.10 bits per heavy atom. The lowest BCUT2D eigenvalue weighted by atomic mass is 9.59. The number of aromatic hydroxyl groups is 1. The number of amides is 2. The Balaban J connectivity index is 1.75. The van der Waals surface area contributed by atoms with Crippen LogP contribution in [0.1, 0.15) is 24.3 Å². The highest BCUT2D eigenvalue weighted by Gasteiger charge is 2.56. The van der Waals surface area contributed by atoms with E-state index in [1.165, 1.54) is 24.3 Å². The number of benzene rings is 1. The van der Waals surface area contributed by atoms with Gasteiger partial charge < -0.3 is 5.11 Å². The van der Waals surface area contributed by atoms with Crippen molar-refractivity contribution in [2.75, 3.05) is 0 Å². The van der Waals surface area contributed by atoms with Gasteiger partial charge in [0.1, 0.15) is 5.75 Å². The van der Waals surface area contributed by atoms with E-state index in [1.807, 2.05) is 0 Å². The fourth-order valence-corrected chi connectivity index (χ4v) is 5.93. The van der Waals surface area contributed by atoms with E-state index in [0.29, 0.717) is 16.2 Å². The Bertz CT molecular complexity index is 1200. The number of phenols is 1. The Morgan fingerprint density at radius 2 is 1.84 bits per heavy atom. The van der Waals surface area contributed by atoms with Gasteiger partial charge in [-0.2, -0.15) is 5.06 Å². The molecule has 1 aromatic carbocycles. The third-order valence-electron chi connectivity index (χ3n) is 6.61. The topological polar surface area (TPSA) is 112 Å². The van der Waals surface area contributed by atoms with Crippen LogP contribution < -0.4 is 0 Å². The number of halogens is 2. The van der Waals surface area contributed by atoms with Gasteiger partial charge in [-0.05, 0) is 52.9 Å². The molecule has 1 saturated heterocycles. The van der Waals surface area contributed by atoms with Crippen molar-refractivity contribution in [3.8, 4) is 5.75 Å². The van der Waals surface area contributed by atoms with Crippen molar-refractivity contribution < 1.29 is 29.5 Å². The number of allylic oxidation sites excluding steroid dienone is 6.